The van der Waals surface area contributed by atoms with Crippen molar-refractivity contribution in [2.24, 2.45) is 0 Å². The van der Waals surface area contributed by atoms with Gasteiger partial charge in [0.25, 0.3) is 0 Å². The van der Waals surface area contributed by atoms with Crippen molar-refractivity contribution in [2.75, 3.05) is 0 Å². The van der Waals surface area contributed by atoms with E-state index in [-0.39, 0.29) is 26.6 Å². The average molecular weight is 945 g/mol. The Hall–Kier alpha value is -6.13. The van der Waals surface area contributed by atoms with Gasteiger partial charge in [-0.1, -0.05) is 115 Å². The van der Waals surface area contributed by atoms with Gasteiger partial charge in [-0.25, -0.2) is 14.1 Å². The van der Waals surface area contributed by atoms with Crippen LogP contribution in [0.2, 0.25) is 0 Å². The van der Waals surface area contributed by atoms with Crippen molar-refractivity contribution in [1.29, 1.82) is 0 Å². The van der Waals surface area contributed by atoms with Crippen LogP contribution in [0, 0.1) is 12.1 Å². The Balaban J connectivity index is 0.00000436. The zero-order valence-electron chi connectivity index (χ0n) is 32.6. The van der Waals surface area contributed by atoms with Crippen molar-refractivity contribution in [3.63, 3.8) is 0 Å². The standard InChI is InChI=1S/C52H41N4Si.Pt/c1-52(2,3)55-37-54(48-28-15-16-29-49(48)55)40-20-17-25-43(35-40)57(41-21-9-5-10-22-41,42-23-11-6-12-24-42)44-30-31-46-45-26-13-14-27-47(45)56(50(46)36-44)51-34-39(32-33-53-51)38-18-7-4-8-19-38;/h4-34,37H,1-3H3;/q-1;. The summed E-state index contributed by atoms with van der Waals surface area (Å²) >= 11 is 0. The van der Waals surface area contributed by atoms with E-state index in [1.807, 2.05) is 6.20 Å². The predicted octanol–water partition coefficient (Wildman–Crippen LogP) is 9.60. The summed E-state index contributed by atoms with van der Waals surface area (Å²) in [4.78, 5) is 5.01. The minimum atomic E-state index is -3.08. The number of hydrogen-bond donors (Lipinski definition) is 0. The zero-order chi connectivity index (χ0) is 38.6. The van der Waals surface area contributed by atoms with Crippen LogP contribution in [0.25, 0.3) is 55.5 Å². The molecule has 284 valence electrons. The first kappa shape index (κ1) is 37.4. The van der Waals surface area contributed by atoms with Crippen molar-refractivity contribution in [2.45, 2.75) is 26.3 Å². The number of imidazole rings is 1. The van der Waals surface area contributed by atoms with Crippen LogP contribution in [0.5, 0.6) is 0 Å². The number of aromatic nitrogens is 4. The Morgan fingerprint density at radius 3 is 1.83 bits per heavy atom. The van der Waals surface area contributed by atoms with E-state index in [0.29, 0.717) is 0 Å². The van der Waals surface area contributed by atoms with Gasteiger partial charge in [0.2, 0.25) is 0 Å². The Morgan fingerprint density at radius 1 is 0.534 bits per heavy atom. The van der Waals surface area contributed by atoms with Gasteiger partial charge < -0.3 is 4.57 Å². The van der Waals surface area contributed by atoms with Crippen LogP contribution in [0.3, 0.4) is 0 Å². The third-order valence-corrected chi connectivity index (χ3v) is 15.9. The third-order valence-electron chi connectivity index (χ3n) is 11.3. The van der Waals surface area contributed by atoms with Crippen LogP contribution >= 0.6 is 0 Å². The Labute approximate surface area is 355 Å². The molecule has 0 N–H and O–H groups in total. The van der Waals surface area contributed by atoms with E-state index in [1.54, 1.807) is 0 Å². The molecule has 0 spiro atoms. The summed E-state index contributed by atoms with van der Waals surface area (Å²) in [5.74, 6) is 0.864. The van der Waals surface area contributed by atoms with E-state index in [0.717, 1.165) is 49.8 Å². The normalized spacial score (nSPS) is 11.9. The van der Waals surface area contributed by atoms with E-state index < -0.39 is 8.07 Å². The molecule has 0 saturated heterocycles. The van der Waals surface area contributed by atoms with E-state index in [9.17, 15) is 0 Å². The minimum absolute atomic E-state index is 0. The molecule has 3 aromatic heterocycles. The number of benzene rings is 7. The first-order valence-electron chi connectivity index (χ1n) is 19.6. The first-order chi connectivity index (χ1) is 27.9. The summed E-state index contributed by atoms with van der Waals surface area (Å²) in [6, 6.07) is 73.8. The second-order valence-corrected chi connectivity index (χ2v) is 19.4. The molecule has 0 aliphatic rings. The molecule has 0 aliphatic heterocycles. The number of pyridine rings is 1. The van der Waals surface area contributed by atoms with Gasteiger partial charge >= 0.3 is 0 Å². The number of rotatable bonds is 7. The maximum absolute atomic E-state index is 5.01. The summed E-state index contributed by atoms with van der Waals surface area (Å²) < 4.78 is 6.96. The molecule has 6 heteroatoms. The van der Waals surface area contributed by atoms with Crippen LogP contribution in [0.15, 0.2) is 195 Å². The quantitative estimate of drug-likeness (QED) is 0.0890. The second-order valence-electron chi connectivity index (χ2n) is 15.7. The molecule has 58 heavy (non-hydrogen) atoms. The van der Waals surface area contributed by atoms with E-state index in [2.05, 4.69) is 235 Å². The fraction of sp³-hybridized carbons (Fsp3) is 0.0769. The number of fused-ring (bicyclic) bond motifs is 4. The van der Waals surface area contributed by atoms with Crippen LogP contribution in [0.1, 0.15) is 20.8 Å². The summed E-state index contributed by atoms with van der Waals surface area (Å²) in [5, 5.41) is 7.19. The zero-order valence-corrected chi connectivity index (χ0v) is 35.9. The van der Waals surface area contributed by atoms with Crippen LogP contribution in [-0.4, -0.2) is 26.8 Å². The Bertz CT molecular complexity index is 3020. The molecule has 0 bridgehead atoms. The van der Waals surface area contributed by atoms with Crippen molar-refractivity contribution >= 4 is 61.7 Å². The third kappa shape index (κ3) is 6.17. The maximum atomic E-state index is 5.01. The van der Waals surface area contributed by atoms with E-state index >= 15 is 0 Å². The molecule has 3 heterocycles. The number of para-hydroxylation sites is 3. The molecule has 10 aromatic rings. The smallest absolute Gasteiger partial charge is 0.188 e. The molecule has 0 radical (unpaired) electrons. The van der Waals surface area contributed by atoms with Crippen molar-refractivity contribution in [1.82, 2.24) is 18.7 Å². The largest absolute Gasteiger partial charge is 0.319 e. The van der Waals surface area contributed by atoms with Crippen LogP contribution < -0.4 is 20.7 Å². The summed E-state index contributed by atoms with van der Waals surface area (Å²) in [6.45, 7) is 6.77. The van der Waals surface area contributed by atoms with Gasteiger partial charge in [0.05, 0.1) is 5.54 Å². The molecule has 10 rings (SSSR count). The van der Waals surface area contributed by atoms with Gasteiger partial charge in [-0.15, -0.1) is 22.7 Å². The predicted molar refractivity (Wildman–Crippen MR) is 240 cm³/mol. The number of nitrogens with zero attached hydrogens (tertiary/aromatic N) is 4. The summed E-state index contributed by atoms with van der Waals surface area (Å²) in [5.41, 5.74) is 7.63. The Kier molecular flexibility index (Phi) is 9.68. The molecule has 0 unspecified atom stereocenters. The van der Waals surface area contributed by atoms with Gasteiger partial charge in [-0.05, 0) is 78.0 Å². The van der Waals surface area contributed by atoms with Gasteiger partial charge in [-0.2, -0.15) is 35.5 Å². The van der Waals surface area contributed by atoms with Gasteiger partial charge in [-0.3, -0.25) is 0 Å². The molecule has 0 atom stereocenters. The molecule has 7 aromatic carbocycles. The number of hydrogen-bond acceptors (Lipinski definition) is 1. The van der Waals surface area contributed by atoms with Gasteiger partial charge in [0, 0.05) is 50.6 Å². The summed E-state index contributed by atoms with van der Waals surface area (Å²) in [7, 11) is -3.08. The van der Waals surface area contributed by atoms with Crippen LogP contribution in [0.4, 0.5) is 0 Å². The van der Waals surface area contributed by atoms with Crippen molar-refractivity contribution in [3.05, 3.63) is 207 Å². The van der Waals surface area contributed by atoms with E-state index in [4.69, 9.17) is 4.98 Å². The first-order valence-corrected chi connectivity index (χ1v) is 21.6. The maximum Gasteiger partial charge on any atom is 0.188 e. The minimum Gasteiger partial charge on any atom is -0.319 e. The summed E-state index contributed by atoms with van der Waals surface area (Å²) in [6.07, 6.45) is 4.16. The average Bonchev–Trinajstić information content (AvgIpc) is 3.82. The topological polar surface area (TPSA) is 27.7 Å². The van der Waals surface area contributed by atoms with Gasteiger partial charge in [0.1, 0.15) is 13.9 Å². The van der Waals surface area contributed by atoms with Crippen LogP contribution in [-0.2, 0) is 26.6 Å². The molecular weight excluding hydrogens is 904 g/mol. The molecular formula is C52H41N4PtSi-. The monoisotopic (exact) mass is 944 g/mol. The molecule has 0 aliphatic carbocycles. The van der Waals surface area contributed by atoms with Crippen molar-refractivity contribution < 1.29 is 21.1 Å². The molecule has 4 nitrogen and oxygen atoms in total. The second kappa shape index (κ2) is 15.0. The van der Waals surface area contributed by atoms with E-state index in [1.165, 1.54) is 26.5 Å². The molecule has 0 fully saturated rings. The molecule has 0 saturated carbocycles. The molecule has 0 amide bonds. The fourth-order valence-corrected chi connectivity index (χ4v) is 13.2. The SMILES string of the molecule is CC(C)(C)n1[cH+]n(-c2[c-]c([Si](c3[c-]c4c(cc3)c3ccccc3n4-c3cc(-c4ccccc4)ccn3)(c3ccccc3)c3ccccc3)ccc2)c2ccccc21.[Pt]. The van der Waals surface area contributed by atoms with Crippen molar-refractivity contribution in [3.8, 4) is 22.6 Å². The van der Waals surface area contributed by atoms with Gasteiger partial charge in [0.15, 0.2) is 17.4 Å². The fourth-order valence-electron chi connectivity index (χ4n) is 8.66. The Morgan fingerprint density at radius 2 is 1.14 bits per heavy atom.